The number of aryl methyl sites for hydroxylation is 1. The number of carbonyl (C=O) groups excluding carboxylic acids is 1. The largest absolute Gasteiger partial charge is 0.508 e. The molecule has 2 N–H and O–H groups in total. The summed E-state index contributed by atoms with van der Waals surface area (Å²) in [5, 5.41) is 18.7. The number of carbonyl (C=O) groups is 1. The first-order valence-corrected chi connectivity index (χ1v) is 5.60. The zero-order chi connectivity index (χ0) is 13.0. The van der Waals surface area contributed by atoms with E-state index in [1.54, 1.807) is 33.0 Å². The van der Waals surface area contributed by atoms with E-state index in [0.29, 0.717) is 6.54 Å². The summed E-state index contributed by atoms with van der Waals surface area (Å²) in [7, 11) is 1.66. The average Bonchev–Trinajstić information content (AvgIpc) is 2.22. The molecule has 0 heterocycles. The van der Waals surface area contributed by atoms with E-state index in [1.807, 2.05) is 6.07 Å². The third-order valence-electron chi connectivity index (χ3n) is 2.59. The van der Waals surface area contributed by atoms with Gasteiger partial charge in [0.2, 0.25) is 5.91 Å². The van der Waals surface area contributed by atoms with E-state index in [9.17, 15) is 15.0 Å². The van der Waals surface area contributed by atoms with Gasteiger partial charge in [-0.2, -0.15) is 0 Å². The van der Waals surface area contributed by atoms with Gasteiger partial charge in [-0.05, 0) is 31.0 Å². The Bertz CT molecular complexity index is 402. The Hall–Kier alpha value is -1.55. The number of phenolic OH excluding ortho intramolecular Hbond substituents is 1. The second kappa shape index (κ2) is 5.68. The molecule has 1 aromatic rings. The number of nitrogens with zero attached hydrogens (tertiary/aromatic N) is 1. The van der Waals surface area contributed by atoms with Crippen LogP contribution in [0.25, 0.3) is 0 Å². The van der Waals surface area contributed by atoms with Crippen LogP contribution in [0.4, 0.5) is 0 Å². The maximum Gasteiger partial charge on any atom is 0.226 e. The molecule has 0 saturated heterocycles. The summed E-state index contributed by atoms with van der Waals surface area (Å²) in [6.45, 7) is 3.76. The zero-order valence-corrected chi connectivity index (χ0v) is 10.5. The van der Waals surface area contributed by atoms with Crippen molar-refractivity contribution in [1.82, 2.24) is 4.90 Å². The van der Waals surface area contributed by atoms with Crippen molar-refractivity contribution in [2.75, 3.05) is 13.6 Å². The lowest BCUT2D eigenvalue weighted by atomic mass is 10.1. The van der Waals surface area contributed by atoms with Crippen molar-refractivity contribution in [2.24, 2.45) is 0 Å². The fourth-order valence-corrected chi connectivity index (χ4v) is 1.57. The van der Waals surface area contributed by atoms with Crippen molar-refractivity contribution in [2.45, 2.75) is 26.4 Å². The SMILES string of the molecule is Cc1ccc(CC(=O)N(C)CC(C)O)cc1O. The summed E-state index contributed by atoms with van der Waals surface area (Å²) in [6, 6.07) is 5.21. The predicted molar refractivity (Wildman–Crippen MR) is 65.9 cm³/mol. The number of aromatic hydroxyl groups is 1. The van der Waals surface area contributed by atoms with Gasteiger partial charge in [-0.3, -0.25) is 4.79 Å². The smallest absolute Gasteiger partial charge is 0.226 e. The van der Waals surface area contributed by atoms with E-state index < -0.39 is 6.10 Å². The third kappa shape index (κ3) is 4.07. The second-order valence-corrected chi connectivity index (χ2v) is 4.42. The molecule has 1 amide bonds. The van der Waals surface area contributed by atoms with Crippen LogP contribution < -0.4 is 0 Å². The molecule has 0 aliphatic heterocycles. The fourth-order valence-electron chi connectivity index (χ4n) is 1.57. The molecular formula is C13H19NO3. The highest BCUT2D eigenvalue weighted by molar-refractivity contribution is 5.78. The first kappa shape index (κ1) is 13.5. The van der Waals surface area contributed by atoms with Crippen LogP contribution in [0.15, 0.2) is 18.2 Å². The van der Waals surface area contributed by atoms with Crippen LogP contribution in [0.1, 0.15) is 18.1 Å². The van der Waals surface area contributed by atoms with Gasteiger partial charge in [0, 0.05) is 13.6 Å². The van der Waals surface area contributed by atoms with Crippen LogP contribution in [0, 0.1) is 6.92 Å². The van der Waals surface area contributed by atoms with Crippen molar-refractivity contribution in [3.05, 3.63) is 29.3 Å². The Kier molecular flexibility index (Phi) is 4.52. The van der Waals surface area contributed by atoms with Gasteiger partial charge in [0.25, 0.3) is 0 Å². The molecule has 0 radical (unpaired) electrons. The van der Waals surface area contributed by atoms with Crippen LogP contribution in [0.2, 0.25) is 0 Å². The molecule has 4 heteroatoms. The van der Waals surface area contributed by atoms with Crippen LogP contribution >= 0.6 is 0 Å². The Balaban J connectivity index is 2.64. The average molecular weight is 237 g/mol. The zero-order valence-electron chi connectivity index (χ0n) is 10.5. The maximum atomic E-state index is 11.8. The first-order chi connectivity index (χ1) is 7.90. The Labute approximate surface area is 101 Å². The first-order valence-electron chi connectivity index (χ1n) is 5.60. The predicted octanol–water partition coefficient (Wildman–Crippen LogP) is 1.08. The third-order valence-corrected chi connectivity index (χ3v) is 2.59. The van der Waals surface area contributed by atoms with Crippen molar-refractivity contribution >= 4 is 5.91 Å². The van der Waals surface area contributed by atoms with Gasteiger partial charge < -0.3 is 15.1 Å². The standard InChI is InChI=1S/C13H19NO3/c1-9-4-5-11(6-12(9)16)7-13(17)14(3)8-10(2)15/h4-6,10,15-16H,7-8H2,1-3H3. The number of likely N-dealkylation sites (N-methyl/N-ethyl adjacent to an activating group) is 1. The van der Waals surface area contributed by atoms with E-state index in [4.69, 9.17) is 0 Å². The lowest BCUT2D eigenvalue weighted by molar-refractivity contribution is -0.130. The molecule has 0 spiro atoms. The maximum absolute atomic E-state index is 11.8. The molecule has 0 aromatic heterocycles. The molecule has 0 aliphatic rings. The van der Waals surface area contributed by atoms with Gasteiger partial charge in [0.15, 0.2) is 0 Å². The van der Waals surface area contributed by atoms with Gasteiger partial charge in [-0.1, -0.05) is 12.1 Å². The summed E-state index contributed by atoms with van der Waals surface area (Å²) in [5.74, 6) is 0.127. The molecule has 17 heavy (non-hydrogen) atoms. The minimum atomic E-state index is -0.532. The minimum Gasteiger partial charge on any atom is -0.508 e. The summed E-state index contributed by atoms with van der Waals surface area (Å²) in [5.41, 5.74) is 1.56. The van der Waals surface area contributed by atoms with Gasteiger partial charge in [-0.15, -0.1) is 0 Å². The molecule has 0 saturated carbocycles. The highest BCUT2D eigenvalue weighted by atomic mass is 16.3. The van der Waals surface area contributed by atoms with Gasteiger partial charge in [0.05, 0.1) is 12.5 Å². The van der Waals surface area contributed by atoms with E-state index in [2.05, 4.69) is 0 Å². The van der Waals surface area contributed by atoms with Crippen molar-refractivity contribution in [3.8, 4) is 5.75 Å². The molecule has 4 nitrogen and oxygen atoms in total. The van der Waals surface area contributed by atoms with Gasteiger partial charge in [0.1, 0.15) is 5.75 Å². The monoisotopic (exact) mass is 237 g/mol. The topological polar surface area (TPSA) is 60.8 Å². The number of aliphatic hydroxyl groups excluding tert-OH is 1. The summed E-state index contributed by atoms with van der Waals surface area (Å²) >= 11 is 0. The normalized spacial score (nSPS) is 12.2. The molecule has 0 bridgehead atoms. The number of hydrogen-bond acceptors (Lipinski definition) is 3. The summed E-state index contributed by atoms with van der Waals surface area (Å²) < 4.78 is 0. The molecule has 1 rings (SSSR count). The molecule has 1 unspecified atom stereocenters. The number of benzene rings is 1. The molecule has 1 atom stereocenters. The fraction of sp³-hybridized carbons (Fsp3) is 0.462. The van der Waals surface area contributed by atoms with E-state index in [0.717, 1.165) is 11.1 Å². The Morgan fingerprint density at radius 3 is 2.65 bits per heavy atom. The molecule has 94 valence electrons. The van der Waals surface area contributed by atoms with Crippen molar-refractivity contribution in [1.29, 1.82) is 0 Å². The number of aliphatic hydroxyl groups is 1. The van der Waals surface area contributed by atoms with Crippen LogP contribution in [0.5, 0.6) is 5.75 Å². The molecule has 0 aliphatic carbocycles. The minimum absolute atomic E-state index is 0.0749. The lowest BCUT2D eigenvalue weighted by Crippen LogP contribution is -2.34. The van der Waals surface area contributed by atoms with Gasteiger partial charge in [-0.25, -0.2) is 0 Å². The lowest BCUT2D eigenvalue weighted by Gasteiger charge is -2.18. The highest BCUT2D eigenvalue weighted by Crippen LogP contribution is 2.18. The van der Waals surface area contributed by atoms with Gasteiger partial charge >= 0.3 is 0 Å². The Morgan fingerprint density at radius 2 is 2.12 bits per heavy atom. The summed E-state index contributed by atoms with van der Waals surface area (Å²) in [4.78, 5) is 13.3. The van der Waals surface area contributed by atoms with E-state index in [-0.39, 0.29) is 18.1 Å². The summed E-state index contributed by atoms with van der Waals surface area (Å²) in [6.07, 6.45) is -0.299. The number of hydrogen-bond donors (Lipinski definition) is 2. The highest BCUT2D eigenvalue weighted by Gasteiger charge is 2.12. The van der Waals surface area contributed by atoms with Crippen molar-refractivity contribution in [3.63, 3.8) is 0 Å². The van der Waals surface area contributed by atoms with E-state index >= 15 is 0 Å². The molecular weight excluding hydrogens is 218 g/mol. The number of amides is 1. The van der Waals surface area contributed by atoms with Crippen LogP contribution in [-0.2, 0) is 11.2 Å². The second-order valence-electron chi connectivity index (χ2n) is 4.42. The Morgan fingerprint density at radius 1 is 1.47 bits per heavy atom. The quantitative estimate of drug-likeness (QED) is 0.824. The van der Waals surface area contributed by atoms with Crippen LogP contribution in [0.3, 0.4) is 0 Å². The number of phenols is 1. The molecule has 1 aromatic carbocycles. The van der Waals surface area contributed by atoms with Crippen LogP contribution in [-0.4, -0.2) is 40.7 Å². The number of rotatable bonds is 4. The van der Waals surface area contributed by atoms with Crippen molar-refractivity contribution < 1.29 is 15.0 Å². The van der Waals surface area contributed by atoms with E-state index in [1.165, 1.54) is 4.90 Å². The molecule has 0 fully saturated rings.